The number of nitrogens with one attached hydrogen (secondary N) is 1. The molecule has 0 spiro atoms. The number of rotatable bonds is 4. The molecule has 1 amide bonds. The molecule has 4 rings (SSSR count). The molecule has 1 N–H and O–H groups in total. The predicted molar refractivity (Wildman–Crippen MR) is 126 cm³/mol. The highest BCUT2D eigenvalue weighted by Crippen LogP contribution is 2.34. The van der Waals surface area contributed by atoms with Gasteiger partial charge >= 0.3 is 0 Å². The van der Waals surface area contributed by atoms with Gasteiger partial charge in [0.15, 0.2) is 0 Å². The zero-order valence-corrected chi connectivity index (χ0v) is 17.9. The van der Waals surface area contributed by atoms with E-state index in [1.54, 1.807) is 11.3 Å². The third-order valence-corrected chi connectivity index (χ3v) is 6.43. The highest BCUT2D eigenvalue weighted by atomic mass is 32.2. The average Bonchev–Trinajstić information content (AvgIpc) is 3.17. The fraction of sp³-hybridized carbons (Fsp3) is 0.174. The summed E-state index contributed by atoms with van der Waals surface area (Å²) in [5.74, 6) is 0.281. The molecule has 29 heavy (non-hydrogen) atoms. The summed E-state index contributed by atoms with van der Waals surface area (Å²) in [4.78, 5) is 23.3. The number of hydrogen-bond donors (Lipinski definition) is 1. The average molecular weight is 420 g/mol. The zero-order valence-electron chi connectivity index (χ0n) is 16.3. The minimum Gasteiger partial charge on any atom is -0.325 e. The SMILES string of the molecule is Cc1ccc(NC(=O)CSC2=Nc3ccccc3N=C(c3cccs3)C2)c(C)c1. The molecule has 0 fully saturated rings. The first kappa shape index (κ1) is 19.6. The van der Waals surface area contributed by atoms with Crippen molar-refractivity contribution >= 4 is 56.8 Å². The summed E-state index contributed by atoms with van der Waals surface area (Å²) in [6.07, 6.45) is 0.622. The molecule has 0 bridgehead atoms. The number of carbonyl (C=O) groups excluding carboxylic acids is 1. The highest BCUT2D eigenvalue weighted by molar-refractivity contribution is 8.14. The maximum absolute atomic E-state index is 12.5. The molecule has 3 aromatic rings. The van der Waals surface area contributed by atoms with Gasteiger partial charge in [-0.1, -0.05) is 35.9 Å². The van der Waals surface area contributed by atoms with Crippen LogP contribution in [0.2, 0.25) is 0 Å². The number of hydrogen-bond acceptors (Lipinski definition) is 5. The monoisotopic (exact) mass is 419 g/mol. The van der Waals surface area contributed by atoms with Crippen LogP contribution in [0.25, 0.3) is 0 Å². The number of thiophene rings is 1. The Balaban J connectivity index is 1.50. The Hall–Kier alpha value is -2.70. The van der Waals surface area contributed by atoms with Gasteiger partial charge < -0.3 is 5.32 Å². The van der Waals surface area contributed by atoms with Crippen LogP contribution in [0, 0.1) is 13.8 Å². The van der Waals surface area contributed by atoms with E-state index in [9.17, 15) is 4.79 Å². The van der Waals surface area contributed by atoms with Gasteiger partial charge in [-0.3, -0.25) is 4.79 Å². The van der Waals surface area contributed by atoms with Gasteiger partial charge in [0, 0.05) is 17.0 Å². The fourth-order valence-electron chi connectivity index (χ4n) is 3.11. The molecule has 0 saturated heterocycles. The van der Waals surface area contributed by atoms with Crippen LogP contribution >= 0.6 is 23.1 Å². The number of anilines is 1. The molecule has 2 aromatic carbocycles. The van der Waals surface area contributed by atoms with Crippen LogP contribution in [0.1, 0.15) is 22.4 Å². The van der Waals surface area contributed by atoms with Crippen molar-refractivity contribution in [2.45, 2.75) is 20.3 Å². The number of carbonyl (C=O) groups is 1. The Morgan fingerprint density at radius 3 is 2.59 bits per heavy atom. The van der Waals surface area contributed by atoms with Gasteiger partial charge in [-0.25, -0.2) is 9.98 Å². The van der Waals surface area contributed by atoms with Gasteiger partial charge in [-0.05, 0) is 49.1 Å². The molecule has 6 heteroatoms. The van der Waals surface area contributed by atoms with Gasteiger partial charge in [0.05, 0.1) is 27.9 Å². The van der Waals surface area contributed by atoms with Gasteiger partial charge in [0.1, 0.15) is 0 Å². The van der Waals surface area contributed by atoms with Crippen molar-refractivity contribution in [3.8, 4) is 0 Å². The van der Waals surface area contributed by atoms with E-state index in [4.69, 9.17) is 9.98 Å². The molecular weight excluding hydrogens is 398 g/mol. The quantitative estimate of drug-likeness (QED) is 0.540. The van der Waals surface area contributed by atoms with E-state index in [-0.39, 0.29) is 5.91 Å². The number of aliphatic imine (C=N–C) groups is 2. The number of thioether (sulfide) groups is 1. The Morgan fingerprint density at radius 1 is 1.07 bits per heavy atom. The van der Waals surface area contributed by atoms with Gasteiger partial charge in [0.25, 0.3) is 0 Å². The lowest BCUT2D eigenvalue weighted by Crippen LogP contribution is -2.16. The maximum atomic E-state index is 12.5. The molecule has 1 aliphatic rings. The predicted octanol–water partition coefficient (Wildman–Crippen LogP) is 6.29. The summed E-state index contributed by atoms with van der Waals surface area (Å²) in [5, 5.41) is 5.96. The van der Waals surface area contributed by atoms with Crippen molar-refractivity contribution in [1.29, 1.82) is 0 Å². The highest BCUT2D eigenvalue weighted by Gasteiger charge is 2.17. The van der Waals surface area contributed by atoms with Crippen LogP contribution in [-0.4, -0.2) is 22.4 Å². The van der Waals surface area contributed by atoms with Crippen molar-refractivity contribution < 1.29 is 4.79 Å². The van der Waals surface area contributed by atoms with E-state index in [1.807, 2.05) is 56.3 Å². The molecular formula is C23H21N3OS2. The number of amides is 1. The number of fused-ring (bicyclic) bond motifs is 1. The number of para-hydroxylation sites is 2. The molecule has 4 nitrogen and oxygen atoms in total. The maximum Gasteiger partial charge on any atom is 0.234 e. The second-order valence-electron chi connectivity index (χ2n) is 6.86. The molecule has 0 unspecified atom stereocenters. The summed E-state index contributed by atoms with van der Waals surface area (Å²) in [7, 11) is 0. The minimum atomic E-state index is -0.0307. The molecule has 0 aliphatic carbocycles. The lowest BCUT2D eigenvalue weighted by molar-refractivity contribution is -0.113. The first-order valence-corrected chi connectivity index (χ1v) is 11.2. The Morgan fingerprint density at radius 2 is 1.86 bits per heavy atom. The van der Waals surface area contributed by atoms with Crippen molar-refractivity contribution in [2.24, 2.45) is 9.98 Å². The smallest absolute Gasteiger partial charge is 0.234 e. The second kappa shape index (κ2) is 8.76. The van der Waals surface area contributed by atoms with Crippen LogP contribution in [0.3, 0.4) is 0 Å². The van der Waals surface area contributed by atoms with Crippen LogP contribution in [0.4, 0.5) is 17.1 Å². The van der Waals surface area contributed by atoms with E-state index in [1.165, 1.54) is 17.3 Å². The molecule has 1 aromatic heterocycles. The normalized spacial score (nSPS) is 13.2. The Kier molecular flexibility index (Phi) is 5.92. The van der Waals surface area contributed by atoms with Gasteiger partial charge in [-0.15, -0.1) is 23.1 Å². The minimum absolute atomic E-state index is 0.0307. The standard InChI is InChI=1S/C23H21N3OS2/c1-15-9-10-17(16(2)12-15)25-22(27)14-29-23-13-20(21-8-5-11-28-21)24-18-6-3-4-7-19(18)26-23/h3-12H,13-14H2,1-2H3,(H,25,27). The second-order valence-corrected chi connectivity index (χ2v) is 8.86. The van der Waals surface area contributed by atoms with E-state index in [0.717, 1.165) is 38.3 Å². The number of benzene rings is 2. The largest absolute Gasteiger partial charge is 0.325 e. The van der Waals surface area contributed by atoms with Gasteiger partial charge in [0.2, 0.25) is 5.91 Å². The van der Waals surface area contributed by atoms with E-state index in [2.05, 4.69) is 22.8 Å². The first-order valence-electron chi connectivity index (χ1n) is 9.36. The van der Waals surface area contributed by atoms with Crippen LogP contribution in [0.5, 0.6) is 0 Å². The van der Waals surface area contributed by atoms with E-state index >= 15 is 0 Å². The van der Waals surface area contributed by atoms with E-state index in [0.29, 0.717) is 12.2 Å². The Bertz CT molecular complexity index is 1100. The van der Waals surface area contributed by atoms with Crippen LogP contribution in [-0.2, 0) is 4.79 Å². The van der Waals surface area contributed by atoms with Crippen molar-refractivity contribution in [2.75, 3.05) is 11.1 Å². The molecule has 0 radical (unpaired) electrons. The number of aryl methyl sites for hydroxylation is 2. The molecule has 1 aliphatic heterocycles. The summed E-state index contributed by atoms with van der Waals surface area (Å²) < 4.78 is 0. The first-order chi connectivity index (χ1) is 14.1. The third-order valence-electron chi connectivity index (χ3n) is 4.53. The fourth-order valence-corrected chi connectivity index (χ4v) is 4.60. The van der Waals surface area contributed by atoms with Crippen molar-refractivity contribution in [3.63, 3.8) is 0 Å². The summed E-state index contributed by atoms with van der Waals surface area (Å²) in [5.41, 5.74) is 5.81. The summed E-state index contributed by atoms with van der Waals surface area (Å²) in [6.45, 7) is 4.05. The zero-order chi connectivity index (χ0) is 20.2. The molecule has 0 atom stereocenters. The lowest BCUT2D eigenvalue weighted by atomic mass is 10.1. The molecule has 0 saturated carbocycles. The van der Waals surface area contributed by atoms with Crippen molar-refractivity contribution in [1.82, 2.24) is 0 Å². The lowest BCUT2D eigenvalue weighted by Gasteiger charge is -2.10. The summed E-state index contributed by atoms with van der Waals surface area (Å²) >= 11 is 3.14. The topological polar surface area (TPSA) is 53.8 Å². The third kappa shape index (κ3) is 4.83. The van der Waals surface area contributed by atoms with Crippen LogP contribution in [0.15, 0.2) is 70.0 Å². The Labute approximate surface area is 178 Å². The van der Waals surface area contributed by atoms with Gasteiger partial charge in [-0.2, -0.15) is 0 Å². The van der Waals surface area contributed by atoms with E-state index < -0.39 is 0 Å². The summed E-state index contributed by atoms with van der Waals surface area (Å²) in [6, 6.07) is 18.0. The van der Waals surface area contributed by atoms with Crippen molar-refractivity contribution in [3.05, 3.63) is 76.0 Å². The number of nitrogens with zero attached hydrogens (tertiary/aromatic N) is 2. The molecule has 2 heterocycles. The van der Waals surface area contributed by atoms with Crippen LogP contribution < -0.4 is 5.32 Å². The molecule has 146 valence electrons.